The molecule has 134 valence electrons. The van der Waals surface area contributed by atoms with Crippen LogP contribution in [-0.4, -0.2) is 30.1 Å². The summed E-state index contributed by atoms with van der Waals surface area (Å²) in [4.78, 5) is 14.6. The first-order chi connectivity index (χ1) is 11.8. The van der Waals surface area contributed by atoms with E-state index in [4.69, 9.17) is 9.47 Å². The van der Waals surface area contributed by atoms with E-state index in [9.17, 15) is 4.79 Å². The van der Waals surface area contributed by atoms with Crippen molar-refractivity contribution in [2.45, 2.75) is 39.8 Å². The second-order valence-electron chi connectivity index (χ2n) is 7.08. The molecule has 0 spiro atoms. The Morgan fingerprint density at radius 1 is 1.04 bits per heavy atom. The summed E-state index contributed by atoms with van der Waals surface area (Å²) in [5, 5.41) is 0. The van der Waals surface area contributed by atoms with Crippen LogP contribution in [0.15, 0.2) is 48.5 Å². The Morgan fingerprint density at radius 2 is 1.72 bits per heavy atom. The van der Waals surface area contributed by atoms with Crippen LogP contribution in [0, 0.1) is 6.92 Å². The summed E-state index contributed by atoms with van der Waals surface area (Å²) in [6, 6.07) is 15.6. The molecule has 0 atom stereocenters. The molecule has 0 aliphatic heterocycles. The number of rotatable bonds is 6. The SMILES string of the molecule is COc1cc(C)ccc1OCC(=O)N(Cc1ccccc1)C(C)(C)C. The third-order valence-electron chi connectivity index (χ3n) is 3.96. The minimum atomic E-state index is -0.298. The molecule has 2 rings (SSSR count). The summed E-state index contributed by atoms with van der Waals surface area (Å²) in [6.07, 6.45) is 0. The summed E-state index contributed by atoms with van der Waals surface area (Å²) in [6.45, 7) is 8.60. The van der Waals surface area contributed by atoms with E-state index in [0.29, 0.717) is 18.0 Å². The van der Waals surface area contributed by atoms with Crippen molar-refractivity contribution in [1.82, 2.24) is 4.90 Å². The Bertz CT molecular complexity index is 705. The Kier molecular flexibility index (Phi) is 6.07. The van der Waals surface area contributed by atoms with Gasteiger partial charge in [0, 0.05) is 12.1 Å². The number of amides is 1. The topological polar surface area (TPSA) is 38.8 Å². The van der Waals surface area contributed by atoms with Crippen molar-refractivity contribution < 1.29 is 14.3 Å². The van der Waals surface area contributed by atoms with Crippen molar-refractivity contribution >= 4 is 5.91 Å². The third kappa shape index (κ3) is 5.24. The zero-order valence-corrected chi connectivity index (χ0v) is 15.7. The van der Waals surface area contributed by atoms with E-state index in [-0.39, 0.29) is 18.1 Å². The van der Waals surface area contributed by atoms with Crippen LogP contribution in [0.25, 0.3) is 0 Å². The van der Waals surface area contributed by atoms with Crippen LogP contribution < -0.4 is 9.47 Å². The molecule has 2 aromatic rings. The lowest BCUT2D eigenvalue weighted by atomic mass is 10.0. The van der Waals surface area contributed by atoms with E-state index >= 15 is 0 Å². The second kappa shape index (κ2) is 8.06. The first-order valence-corrected chi connectivity index (χ1v) is 8.43. The predicted molar refractivity (Wildman–Crippen MR) is 100.0 cm³/mol. The van der Waals surface area contributed by atoms with E-state index in [0.717, 1.165) is 11.1 Å². The average Bonchev–Trinajstić information content (AvgIpc) is 2.58. The van der Waals surface area contributed by atoms with Crippen molar-refractivity contribution in [3.63, 3.8) is 0 Å². The molecule has 0 fully saturated rings. The number of benzene rings is 2. The third-order valence-corrected chi connectivity index (χ3v) is 3.96. The minimum Gasteiger partial charge on any atom is -0.493 e. The summed E-state index contributed by atoms with van der Waals surface area (Å²) >= 11 is 0. The molecule has 4 heteroatoms. The van der Waals surface area contributed by atoms with Crippen LogP contribution in [0.4, 0.5) is 0 Å². The van der Waals surface area contributed by atoms with Gasteiger partial charge in [-0.15, -0.1) is 0 Å². The van der Waals surface area contributed by atoms with Crippen LogP contribution in [-0.2, 0) is 11.3 Å². The van der Waals surface area contributed by atoms with Gasteiger partial charge in [-0.1, -0.05) is 36.4 Å². The lowest BCUT2D eigenvalue weighted by Gasteiger charge is -2.36. The fraction of sp³-hybridized carbons (Fsp3) is 0.381. The monoisotopic (exact) mass is 341 g/mol. The van der Waals surface area contributed by atoms with Crippen molar-refractivity contribution in [1.29, 1.82) is 0 Å². The molecule has 1 amide bonds. The standard InChI is InChI=1S/C21H27NO3/c1-16-11-12-18(19(13-16)24-5)25-15-20(23)22(21(2,3)4)14-17-9-7-6-8-10-17/h6-13H,14-15H2,1-5H3. The molecule has 25 heavy (non-hydrogen) atoms. The Morgan fingerprint density at radius 3 is 2.32 bits per heavy atom. The maximum absolute atomic E-state index is 12.8. The zero-order chi connectivity index (χ0) is 18.4. The quantitative estimate of drug-likeness (QED) is 0.790. The summed E-state index contributed by atoms with van der Waals surface area (Å²) in [5.74, 6) is 1.16. The maximum Gasteiger partial charge on any atom is 0.261 e. The molecule has 0 heterocycles. The lowest BCUT2D eigenvalue weighted by molar-refractivity contribution is -0.139. The lowest BCUT2D eigenvalue weighted by Crippen LogP contribution is -2.47. The summed E-state index contributed by atoms with van der Waals surface area (Å²) < 4.78 is 11.1. The summed E-state index contributed by atoms with van der Waals surface area (Å²) in [5.41, 5.74) is 1.88. The predicted octanol–water partition coefficient (Wildman–Crippen LogP) is 4.21. The van der Waals surface area contributed by atoms with E-state index in [1.165, 1.54) is 0 Å². The Hall–Kier alpha value is -2.49. The molecule has 0 aliphatic rings. The van der Waals surface area contributed by atoms with Crippen LogP contribution in [0.1, 0.15) is 31.9 Å². The van der Waals surface area contributed by atoms with Crippen molar-refractivity contribution in [3.05, 3.63) is 59.7 Å². The van der Waals surface area contributed by atoms with Crippen LogP contribution in [0.3, 0.4) is 0 Å². The highest BCUT2D eigenvalue weighted by Gasteiger charge is 2.27. The molecule has 0 saturated heterocycles. The molecule has 0 saturated carbocycles. The number of methoxy groups -OCH3 is 1. The Labute approximate surface area is 150 Å². The van der Waals surface area contributed by atoms with Gasteiger partial charge in [0.25, 0.3) is 5.91 Å². The molecule has 0 N–H and O–H groups in total. The maximum atomic E-state index is 12.8. The van der Waals surface area contributed by atoms with Gasteiger partial charge in [-0.05, 0) is 51.0 Å². The van der Waals surface area contributed by atoms with Crippen molar-refractivity contribution in [3.8, 4) is 11.5 Å². The number of hydrogen-bond acceptors (Lipinski definition) is 3. The average molecular weight is 341 g/mol. The number of carbonyl (C=O) groups excluding carboxylic acids is 1. The van der Waals surface area contributed by atoms with E-state index in [1.807, 2.05) is 81.1 Å². The fourth-order valence-electron chi connectivity index (χ4n) is 2.58. The zero-order valence-electron chi connectivity index (χ0n) is 15.7. The highest BCUT2D eigenvalue weighted by Crippen LogP contribution is 2.28. The molecule has 0 aromatic heterocycles. The molecular formula is C21H27NO3. The molecule has 0 aliphatic carbocycles. The fourth-order valence-corrected chi connectivity index (χ4v) is 2.58. The van der Waals surface area contributed by atoms with E-state index in [1.54, 1.807) is 7.11 Å². The molecule has 0 unspecified atom stereocenters. The number of hydrogen-bond donors (Lipinski definition) is 0. The first kappa shape index (κ1) is 18.8. The Balaban J connectivity index is 2.10. The highest BCUT2D eigenvalue weighted by atomic mass is 16.5. The summed E-state index contributed by atoms with van der Waals surface area (Å²) in [7, 11) is 1.60. The smallest absolute Gasteiger partial charge is 0.261 e. The molecule has 0 radical (unpaired) electrons. The first-order valence-electron chi connectivity index (χ1n) is 8.43. The highest BCUT2D eigenvalue weighted by molar-refractivity contribution is 5.78. The number of ether oxygens (including phenoxy) is 2. The van der Waals surface area contributed by atoms with Gasteiger partial charge in [0.15, 0.2) is 18.1 Å². The number of nitrogens with zero attached hydrogens (tertiary/aromatic N) is 1. The van der Waals surface area contributed by atoms with Gasteiger partial charge in [-0.25, -0.2) is 0 Å². The van der Waals surface area contributed by atoms with Gasteiger partial charge < -0.3 is 14.4 Å². The van der Waals surface area contributed by atoms with Crippen molar-refractivity contribution in [2.75, 3.05) is 13.7 Å². The van der Waals surface area contributed by atoms with Gasteiger partial charge in [-0.2, -0.15) is 0 Å². The molecule has 2 aromatic carbocycles. The van der Waals surface area contributed by atoms with Gasteiger partial charge in [-0.3, -0.25) is 4.79 Å². The van der Waals surface area contributed by atoms with E-state index < -0.39 is 0 Å². The van der Waals surface area contributed by atoms with Crippen molar-refractivity contribution in [2.24, 2.45) is 0 Å². The van der Waals surface area contributed by atoms with Gasteiger partial charge in [0.2, 0.25) is 0 Å². The largest absolute Gasteiger partial charge is 0.493 e. The normalized spacial score (nSPS) is 11.1. The van der Waals surface area contributed by atoms with E-state index in [2.05, 4.69) is 0 Å². The van der Waals surface area contributed by atoms with Crippen LogP contribution in [0.5, 0.6) is 11.5 Å². The second-order valence-corrected chi connectivity index (χ2v) is 7.08. The number of aryl methyl sites for hydroxylation is 1. The van der Waals surface area contributed by atoms with Gasteiger partial charge >= 0.3 is 0 Å². The van der Waals surface area contributed by atoms with Crippen LogP contribution >= 0.6 is 0 Å². The molecule has 0 bridgehead atoms. The van der Waals surface area contributed by atoms with Crippen LogP contribution in [0.2, 0.25) is 0 Å². The minimum absolute atomic E-state index is 0.0243. The van der Waals surface area contributed by atoms with Gasteiger partial charge in [0.05, 0.1) is 7.11 Å². The molecular weight excluding hydrogens is 314 g/mol. The van der Waals surface area contributed by atoms with Gasteiger partial charge in [0.1, 0.15) is 0 Å². The molecule has 4 nitrogen and oxygen atoms in total. The number of carbonyl (C=O) groups is 1.